The highest BCUT2D eigenvalue weighted by Crippen LogP contribution is 2.39. The van der Waals surface area contributed by atoms with Gasteiger partial charge in [0.2, 0.25) is 0 Å². The third kappa shape index (κ3) is 6.09. The Morgan fingerprint density at radius 2 is 1.10 bits per heavy atom. The van der Waals surface area contributed by atoms with Crippen LogP contribution in [0, 0.1) is 34.9 Å². The molecule has 0 radical (unpaired) electrons. The predicted octanol–water partition coefficient (Wildman–Crippen LogP) is 10.4. The third-order valence-electron chi connectivity index (χ3n) is 7.39. The lowest BCUT2D eigenvalue weighted by molar-refractivity contribution is -0.189. The normalized spacial score (nSPS) is 14.6. The number of benzene rings is 4. The largest absolute Gasteiger partial charge is 0.432 e. The van der Waals surface area contributed by atoms with Gasteiger partial charge in [0.25, 0.3) is 0 Å². The van der Waals surface area contributed by atoms with Crippen molar-refractivity contribution in [1.82, 2.24) is 0 Å². The van der Waals surface area contributed by atoms with Gasteiger partial charge >= 0.3 is 6.11 Å². The Kier molecular flexibility index (Phi) is 8.07. The number of rotatable bonds is 6. The zero-order chi connectivity index (χ0) is 29.3. The van der Waals surface area contributed by atoms with Crippen LogP contribution in [0.15, 0.2) is 66.7 Å². The highest BCUT2D eigenvalue weighted by atomic mass is 19.3. The fourth-order valence-corrected chi connectivity index (χ4v) is 5.29. The molecule has 0 spiro atoms. The first-order chi connectivity index (χ1) is 19.5. The van der Waals surface area contributed by atoms with Crippen molar-refractivity contribution in [2.75, 3.05) is 0 Å². The molecule has 4 aromatic carbocycles. The molecule has 0 saturated heterocycles. The summed E-state index contributed by atoms with van der Waals surface area (Å²) < 4.78 is 118. The highest BCUT2D eigenvalue weighted by Gasteiger charge is 2.41. The quantitative estimate of drug-likeness (QED) is 0.126. The molecular weight excluding hydrogens is 552 g/mol. The Balaban J connectivity index is 1.38. The van der Waals surface area contributed by atoms with E-state index in [0.29, 0.717) is 23.6 Å². The molecule has 0 aliphatic heterocycles. The maximum atomic E-state index is 15.1. The van der Waals surface area contributed by atoms with Gasteiger partial charge in [-0.15, -0.1) is 0 Å². The summed E-state index contributed by atoms with van der Waals surface area (Å²) in [5.41, 5.74) is 0.0404. The van der Waals surface area contributed by atoms with E-state index in [2.05, 4.69) is 4.74 Å². The molecule has 0 aromatic heterocycles. The molecule has 41 heavy (non-hydrogen) atoms. The van der Waals surface area contributed by atoms with E-state index < -0.39 is 52.3 Å². The molecule has 5 rings (SSSR count). The second-order valence-electron chi connectivity index (χ2n) is 10.1. The van der Waals surface area contributed by atoms with Crippen molar-refractivity contribution < 1.29 is 39.9 Å². The van der Waals surface area contributed by atoms with Gasteiger partial charge in [0.15, 0.2) is 17.5 Å². The molecule has 0 N–H and O–H groups in total. The first kappa shape index (κ1) is 28.6. The third-order valence-corrected chi connectivity index (χ3v) is 7.39. The second kappa shape index (κ2) is 11.5. The molecule has 9 heteroatoms. The van der Waals surface area contributed by atoms with Crippen molar-refractivity contribution in [2.24, 2.45) is 0 Å². The minimum Gasteiger partial charge on any atom is -0.429 e. The summed E-state index contributed by atoms with van der Waals surface area (Å²) in [5.74, 6) is -10.7. The van der Waals surface area contributed by atoms with E-state index in [1.54, 1.807) is 6.07 Å². The Labute approximate surface area is 231 Å². The van der Waals surface area contributed by atoms with Crippen molar-refractivity contribution in [3.63, 3.8) is 0 Å². The molecule has 0 bridgehead atoms. The zero-order valence-electron chi connectivity index (χ0n) is 21.6. The molecule has 1 aliphatic rings. The van der Waals surface area contributed by atoms with E-state index in [-0.39, 0.29) is 23.3 Å². The number of alkyl halides is 2. The summed E-state index contributed by atoms with van der Waals surface area (Å²) in [5, 5.41) is 0. The molecule has 1 nitrogen and oxygen atoms in total. The molecule has 214 valence electrons. The van der Waals surface area contributed by atoms with E-state index in [9.17, 15) is 30.7 Å². The van der Waals surface area contributed by atoms with Crippen molar-refractivity contribution in [2.45, 2.75) is 50.6 Å². The van der Waals surface area contributed by atoms with Crippen LogP contribution in [-0.4, -0.2) is 0 Å². The first-order valence-electron chi connectivity index (χ1n) is 13.1. The Bertz CT molecular complexity index is 1510. The van der Waals surface area contributed by atoms with Crippen LogP contribution < -0.4 is 4.74 Å². The molecule has 0 heterocycles. The van der Waals surface area contributed by atoms with E-state index in [1.807, 2.05) is 24.3 Å². The van der Waals surface area contributed by atoms with Crippen LogP contribution in [0.4, 0.5) is 35.1 Å². The van der Waals surface area contributed by atoms with Crippen LogP contribution in [-0.2, 0) is 6.11 Å². The van der Waals surface area contributed by atoms with Gasteiger partial charge in [-0.1, -0.05) is 62.1 Å². The second-order valence-corrected chi connectivity index (χ2v) is 10.1. The summed E-state index contributed by atoms with van der Waals surface area (Å²) in [6.45, 7) is 0. The van der Waals surface area contributed by atoms with E-state index in [4.69, 9.17) is 0 Å². The van der Waals surface area contributed by atoms with Crippen LogP contribution in [0.3, 0.4) is 0 Å². The van der Waals surface area contributed by atoms with Crippen LogP contribution in [0.2, 0.25) is 0 Å². The molecular formula is C32H24F8O. The lowest BCUT2D eigenvalue weighted by Gasteiger charge is -2.20. The van der Waals surface area contributed by atoms with Gasteiger partial charge in [-0.2, -0.15) is 8.78 Å². The molecule has 1 saturated carbocycles. The van der Waals surface area contributed by atoms with Crippen molar-refractivity contribution in [1.29, 1.82) is 0 Å². The molecule has 1 aliphatic carbocycles. The SMILES string of the molecule is Fc1cc(-c2ccc(C3CCCCCC3)cc2)ccc1-c1cc(F)c(C(F)(F)Oc2cc(F)c(F)c(F)c2)c(F)c1. The fourth-order valence-electron chi connectivity index (χ4n) is 5.29. The average Bonchev–Trinajstić information content (AvgIpc) is 3.21. The Morgan fingerprint density at radius 3 is 1.66 bits per heavy atom. The van der Waals surface area contributed by atoms with Crippen LogP contribution in [0.5, 0.6) is 5.75 Å². The molecule has 0 amide bonds. The Hall–Kier alpha value is -3.88. The van der Waals surface area contributed by atoms with Gasteiger partial charge in [0.1, 0.15) is 28.8 Å². The lowest BCUT2D eigenvalue weighted by atomic mass is 9.90. The maximum absolute atomic E-state index is 15.1. The first-order valence-corrected chi connectivity index (χ1v) is 13.1. The maximum Gasteiger partial charge on any atom is 0.432 e. The molecule has 0 atom stereocenters. The topological polar surface area (TPSA) is 9.23 Å². The fraction of sp³-hybridized carbons (Fsp3) is 0.250. The molecule has 4 aromatic rings. The summed E-state index contributed by atoms with van der Waals surface area (Å²) in [6.07, 6.45) is 2.40. The minimum absolute atomic E-state index is 0.109. The number of hydrogen-bond donors (Lipinski definition) is 0. The monoisotopic (exact) mass is 576 g/mol. The summed E-state index contributed by atoms with van der Waals surface area (Å²) in [4.78, 5) is 0. The van der Waals surface area contributed by atoms with Crippen LogP contribution >= 0.6 is 0 Å². The average molecular weight is 577 g/mol. The van der Waals surface area contributed by atoms with Crippen LogP contribution in [0.25, 0.3) is 22.3 Å². The standard InChI is InChI=1S/C32H24F8O/c33-25-13-21(20-9-7-19(8-10-20)18-5-3-1-2-4-6-18)11-12-24(25)22-14-26(34)30(27(35)15-22)32(39,40)41-23-16-28(36)31(38)29(37)17-23/h7-18H,1-6H2. The van der Waals surface area contributed by atoms with E-state index in [0.717, 1.165) is 18.4 Å². The van der Waals surface area contributed by atoms with Crippen molar-refractivity contribution in [3.05, 3.63) is 113 Å². The van der Waals surface area contributed by atoms with Gasteiger partial charge in [-0.3, -0.25) is 0 Å². The van der Waals surface area contributed by atoms with Gasteiger partial charge in [0, 0.05) is 17.7 Å². The summed E-state index contributed by atoms with van der Waals surface area (Å²) >= 11 is 0. The van der Waals surface area contributed by atoms with Gasteiger partial charge < -0.3 is 4.74 Å². The van der Waals surface area contributed by atoms with Gasteiger partial charge in [-0.25, -0.2) is 26.3 Å². The van der Waals surface area contributed by atoms with E-state index >= 15 is 4.39 Å². The predicted molar refractivity (Wildman–Crippen MR) is 138 cm³/mol. The highest BCUT2D eigenvalue weighted by molar-refractivity contribution is 5.71. The molecule has 0 unspecified atom stereocenters. The van der Waals surface area contributed by atoms with E-state index in [1.165, 1.54) is 43.4 Å². The van der Waals surface area contributed by atoms with Crippen molar-refractivity contribution >= 4 is 0 Å². The summed E-state index contributed by atoms with van der Waals surface area (Å²) in [7, 11) is 0. The number of halogens is 8. The number of hydrogen-bond acceptors (Lipinski definition) is 1. The minimum atomic E-state index is -4.74. The van der Waals surface area contributed by atoms with Crippen molar-refractivity contribution in [3.8, 4) is 28.0 Å². The smallest absolute Gasteiger partial charge is 0.429 e. The number of ether oxygens (including phenoxy) is 1. The Morgan fingerprint density at radius 1 is 0.561 bits per heavy atom. The van der Waals surface area contributed by atoms with Gasteiger partial charge in [0.05, 0.1) is 0 Å². The van der Waals surface area contributed by atoms with Crippen LogP contribution in [0.1, 0.15) is 55.6 Å². The zero-order valence-corrected chi connectivity index (χ0v) is 21.6. The molecule has 1 fully saturated rings. The lowest BCUT2D eigenvalue weighted by Crippen LogP contribution is -2.25. The van der Waals surface area contributed by atoms with Gasteiger partial charge in [-0.05, 0) is 59.2 Å². The summed E-state index contributed by atoms with van der Waals surface area (Å²) in [6, 6.07) is 13.1.